The lowest BCUT2D eigenvalue weighted by Gasteiger charge is -2.12. The van der Waals surface area contributed by atoms with Gasteiger partial charge in [-0.2, -0.15) is 0 Å². The van der Waals surface area contributed by atoms with E-state index in [9.17, 15) is 0 Å². The van der Waals surface area contributed by atoms with Crippen molar-refractivity contribution in [2.24, 2.45) is 4.99 Å². The minimum atomic E-state index is 0.464. The predicted molar refractivity (Wildman–Crippen MR) is 125 cm³/mol. The Morgan fingerprint density at radius 1 is 1.00 bits per heavy atom. The quantitative estimate of drug-likeness (QED) is 0.301. The van der Waals surface area contributed by atoms with Crippen LogP contribution in [0, 0.1) is 0 Å². The summed E-state index contributed by atoms with van der Waals surface area (Å²) < 4.78 is 5.79. The summed E-state index contributed by atoms with van der Waals surface area (Å²) in [6, 6.07) is 22.3. The van der Waals surface area contributed by atoms with Gasteiger partial charge >= 0.3 is 0 Å². The number of fused-ring (bicyclic) bond motifs is 1. The number of nitrogens with one attached hydrogen (secondary N) is 3. The van der Waals surface area contributed by atoms with Gasteiger partial charge in [0, 0.05) is 43.4 Å². The molecule has 6 heteroatoms. The smallest absolute Gasteiger partial charge is 0.191 e. The van der Waals surface area contributed by atoms with Crippen molar-refractivity contribution >= 4 is 16.9 Å². The Morgan fingerprint density at radius 2 is 1.84 bits per heavy atom. The first-order chi connectivity index (χ1) is 15.3. The van der Waals surface area contributed by atoms with Gasteiger partial charge in [-0.05, 0) is 47.9 Å². The first-order valence-corrected chi connectivity index (χ1v) is 10.4. The second-order valence-corrected chi connectivity index (χ2v) is 7.22. The molecule has 2 heterocycles. The number of pyridine rings is 1. The molecule has 2 aromatic heterocycles. The number of aliphatic imine (C=N–C) groups is 1. The average molecular weight is 414 g/mol. The van der Waals surface area contributed by atoms with Crippen molar-refractivity contribution in [2.75, 3.05) is 13.6 Å². The molecule has 0 aliphatic heterocycles. The van der Waals surface area contributed by atoms with Crippen LogP contribution in [-0.4, -0.2) is 29.5 Å². The van der Waals surface area contributed by atoms with E-state index in [2.05, 4.69) is 62.1 Å². The maximum absolute atomic E-state index is 5.79. The Labute approximate surface area is 182 Å². The molecule has 4 rings (SSSR count). The van der Waals surface area contributed by atoms with Crippen LogP contribution in [0.5, 0.6) is 5.75 Å². The third kappa shape index (κ3) is 5.63. The number of hydrogen-bond acceptors (Lipinski definition) is 3. The van der Waals surface area contributed by atoms with Crippen LogP contribution in [0.1, 0.15) is 16.8 Å². The maximum atomic E-state index is 5.79. The average Bonchev–Trinajstić information content (AvgIpc) is 3.24. The van der Waals surface area contributed by atoms with Crippen LogP contribution in [0.3, 0.4) is 0 Å². The van der Waals surface area contributed by atoms with E-state index in [4.69, 9.17) is 4.74 Å². The normalized spacial score (nSPS) is 11.5. The molecule has 158 valence electrons. The van der Waals surface area contributed by atoms with E-state index >= 15 is 0 Å². The summed E-state index contributed by atoms with van der Waals surface area (Å²) in [5.74, 6) is 1.62. The number of H-pyrrole nitrogens is 1. The minimum absolute atomic E-state index is 0.464. The number of nitrogens with zero attached hydrogens (tertiary/aromatic N) is 2. The molecule has 0 aliphatic rings. The summed E-state index contributed by atoms with van der Waals surface area (Å²) in [5.41, 5.74) is 4.55. The second-order valence-electron chi connectivity index (χ2n) is 7.22. The lowest BCUT2D eigenvalue weighted by molar-refractivity contribution is 0.301. The lowest BCUT2D eigenvalue weighted by atomic mass is 10.1. The molecule has 0 aliphatic carbocycles. The third-order valence-corrected chi connectivity index (χ3v) is 5.08. The highest BCUT2D eigenvalue weighted by atomic mass is 16.5. The van der Waals surface area contributed by atoms with E-state index in [1.54, 1.807) is 13.2 Å². The van der Waals surface area contributed by atoms with Gasteiger partial charge in [0.25, 0.3) is 0 Å². The maximum Gasteiger partial charge on any atom is 0.191 e. The number of rotatable bonds is 8. The fourth-order valence-corrected chi connectivity index (χ4v) is 3.40. The van der Waals surface area contributed by atoms with Crippen LogP contribution in [0.25, 0.3) is 10.9 Å². The topological polar surface area (TPSA) is 74.3 Å². The second kappa shape index (κ2) is 10.3. The molecule has 0 saturated carbocycles. The summed E-state index contributed by atoms with van der Waals surface area (Å²) >= 11 is 0. The van der Waals surface area contributed by atoms with Gasteiger partial charge in [0.05, 0.1) is 5.69 Å². The molecule has 0 saturated heterocycles. The van der Waals surface area contributed by atoms with Crippen molar-refractivity contribution in [1.82, 2.24) is 20.6 Å². The zero-order chi connectivity index (χ0) is 21.3. The van der Waals surface area contributed by atoms with E-state index in [1.807, 2.05) is 36.4 Å². The first-order valence-electron chi connectivity index (χ1n) is 10.4. The molecule has 2 aromatic carbocycles. The molecular weight excluding hydrogens is 386 g/mol. The van der Waals surface area contributed by atoms with E-state index in [1.165, 1.54) is 16.5 Å². The minimum Gasteiger partial charge on any atom is -0.487 e. The standard InChI is InChI=1S/C25H27N5O/c1-26-25(28-15-13-20-17-29-24-8-3-2-7-23(20)24)30-16-19-9-11-22(12-10-19)31-18-21-6-4-5-14-27-21/h2-12,14,17,29H,13,15-16,18H2,1H3,(H2,26,28,30). The Bertz CT molecular complexity index is 1120. The van der Waals surface area contributed by atoms with Gasteiger partial charge in [-0.25, -0.2) is 0 Å². The SMILES string of the molecule is CN=C(NCCc1c[nH]c2ccccc12)NCc1ccc(OCc2ccccn2)cc1. The van der Waals surface area contributed by atoms with Crippen LogP contribution in [0.4, 0.5) is 0 Å². The highest BCUT2D eigenvalue weighted by molar-refractivity contribution is 5.83. The number of aromatic nitrogens is 2. The number of hydrogen-bond donors (Lipinski definition) is 3. The Balaban J connectivity index is 1.22. The Morgan fingerprint density at radius 3 is 2.65 bits per heavy atom. The molecule has 0 amide bonds. The molecule has 0 atom stereocenters. The summed E-state index contributed by atoms with van der Waals surface area (Å²) in [6.45, 7) is 1.96. The number of ether oxygens (including phenoxy) is 1. The van der Waals surface area contributed by atoms with Crippen molar-refractivity contribution in [2.45, 2.75) is 19.6 Å². The molecular formula is C25H27N5O. The molecule has 0 spiro atoms. The highest BCUT2D eigenvalue weighted by Crippen LogP contribution is 2.17. The zero-order valence-electron chi connectivity index (χ0n) is 17.6. The van der Waals surface area contributed by atoms with Crippen LogP contribution < -0.4 is 15.4 Å². The molecule has 0 radical (unpaired) electrons. The summed E-state index contributed by atoms with van der Waals surface area (Å²) in [7, 11) is 1.79. The van der Waals surface area contributed by atoms with Gasteiger partial charge in [0.1, 0.15) is 12.4 Å². The molecule has 31 heavy (non-hydrogen) atoms. The van der Waals surface area contributed by atoms with E-state index in [0.29, 0.717) is 13.2 Å². The fraction of sp³-hybridized carbons (Fsp3) is 0.200. The van der Waals surface area contributed by atoms with Gasteiger partial charge < -0.3 is 20.4 Å². The lowest BCUT2D eigenvalue weighted by Crippen LogP contribution is -2.37. The number of guanidine groups is 1. The number of aromatic amines is 1. The van der Waals surface area contributed by atoms with E-state index in [0.717, 1.165) is 35.9 Å². The molecule has 0 fully saturated rings. The van der Waals surface area contributed by atoms with Crippen molar-refractivity contribution < 1.29 is 4.74 Å². The summed E-state index contributed by atoms with van der Waals surface area (Å²) in [5, 5.41) is 8.02. The molecule has 0 unspecified atom stereocenters. The molecule has 6 nitrogen and oxygen atoms in total. The van der Waals surface area contributed by atoms with Gasteiger partial charge in [-0.1, -0.05) is 36.4 Å². The van der Waals surface area contributed by atoms with Crippen molar-refractivity contribution in [3.05, 3.63) is 95.9 Å². The summed E-state index contributed by atoms with van der Waals surface area (Å²) in [6.07, 6.45) is 4.78. The number of para-hydroxylation sites is 1. The largest absolute Gasteiger partial charge is 0.487 e. The van der Waals surface area contributed by atoms with Crippen molar-refractivity contribution in [1.29, 1.82) is 0 Å². The monoisotopic (exact) mass is 413 g/mol. The third-order valence-electron chi connectivity index (χ3n) is 5.08. The van der Waals surface area contributed by atoms with Crippen LogP contribution in [-0.2, 0) is 19.6 Å². The Hall–Kier alpha value is -3.80. The molecule has 3 N–H and O–H groups in total. The predicted octanol–water partition coefficient (Wildman–Crippen LogP) is 4.05. The fourth-order valence-electron chi connectivity index (χ4n) is 3.40. The van der Waals surface area contributed by atoms with Gasteiger partial charge in [-0.3, -0.25) is 9.98 Å². The van der Waals surface area contributed by atoms with Gasteiger partial charge in [0.2, 0.25) is 0 Å². The van der Waals surface area contributed by atoms with Crippen LogP contribution in [0.2, 0.25) is 0 Å². The first kappa shape index (κ1) is 20.5. The van der Waals surface area contributed by atoms with Gasteiger partial charge in [-0.15, -0.1) is 0 Å². The van der Waals surface area contributed by atoms with Crippen molar-refractivity contribution in [3.63, 3.8) is 0 Å². The zero-order valence-corrected chi connectivity index (χ0v) is 17.6. The molecule has 0 bridgehead atoms. The molecule has 4 aromatic rings. The van der Waals surface area contributed by atoms with Gasteiger partial charge in [0.15, 0.2) is 5.96 Å². The summed E-state index contributed by atoms with van der Waals surface area (Å²) in [4.78, 5) is 11.9. The highest BCUT2D eigenvalue weighted by Gasteiger charge is 2.04. The van der Waals surface area contributed by atoms with E-state index < -0.39 is 0 Å². The van der Waals surface area contributed by atoms with Crippen LogP contribution >= 0.6 is 0 Å². The number of benzene rings is 2. The van der Waals surface area contributed by atoms with Crippen LogP contribution in [0.15, 0.2) is 84.1 Å². The Kier molecular flexibility index (Phi) is 6.80. The van der Waals surface area contributed by atoms with Crippen molar-refractivity contribution in [3.8, 4) is 5.75 Å². The van der Waals surface area contributed by atoms with E-state index in [-0.39, 0.29) is 0 Å².